The Balaban J connectivity index is 2.34. The molecule has 1 aliphatic heterocycles. The van der Waals surface area contributed by atoms with Gasteiger partial charge in [-0.1, -0.05) is 0 Å². The Kier molecular flexibility index (Phi) is 2.48. The molecule has 1 aromatic heterocycles. The number of rotatable bonds is 2. The van der Waals surface area contributed by atoms with E-state index < -0.39 is 0 Å². The third kappa shape index (κ3) is 1.52. The summed E-state index contributed by atoms with van der Waals surface area (Å²) in [6.07, 6.45) is 2.18. The Bertz CT molecular complexity index is 373. The molecular formula is C10H16N4O. The molecule has 2 heterocycles. The highest BCUT2D eigenvalue weighted by molar-refractivity contribution is 5.79. The molecule has 0 spiro atoms. The summed E-state index contributed by atoms with van der Waals surface area (Å²) in [6, 6.07) is 1.78. The molecule has 2 rings (SSSR count). The van der Waals surface area contributed by atoms with Gasteiger partial charge in [-0.05, 0) is 13.0 Å². The van der Waals surface area contributed by atoms with Gasteiger partial charge in [-0.2, -0.15) is 5.10 Å². The first-order valence-corrected chi connectivity index (χ1v) is 5.18. The van der Waals surface area contributed by atoms with Crippen molar-refractivity contribution in [2.45, 2.75) is 32.0 Å². The zero-order valence-corrected chi connectivity index (χ0v) is 9.05. The number of nitrogens with two attached hydrogens (primary N) is 1. The highest BCUT2D eigenvalue weighted by atomic mass is 16.2. The van der Waals surface area contributed by atoms with E-state index in [4.69, 9.17) is 5.73 Å². The fourth-order valence-electron chi connectivity index (χ4n) is 2.18. The lowest BCUT2D eigenvalue weighted by atomic mass is 10.1. The van der Waals surface area contributed by atoms with E-state index in [-0.39, 0.29) is 18.0 Å². The van der Waals surface area contributed by atoms with Crippen molar-refractivity contribution in [3.63, 3.8) is 0 Å². The molecule has 5 nitrogen and oxygen atoms in total. The van der Waals surface area contributed by atoms with E-state index in [1.165, 1.54) is 0 Å². The van der Waals surface area contributed by atoms with Crippen LogP contribution in [0.15, 0.2) is 12.3 Å². The maximum Gasteiger partial charge on any atom is 0.224 e. The van der Waals surface area contributed by atoms with E-state index in [1.807, 2.05) is 17.7 Å². The zero-order chi connectivity index (χ0) is 11.0. The van der Waals surface area contributed by atoms with Crippen molar-refractivity contribution < 1.29 is 4.79 Å². The smallest absolute Gasteiger partial charge is 0.224 e. The minimum absolute atomic E-state index is 0.0278. The predicted octanol–water partition coefficient (Wildman–Crippen LogP) is 0.133. The fraction of sp³-hybridized carbons (Fsp3) is 0.600. The summed E-state index contributed by atoms with van der Waals surface area (Å²) >= 11 is 0. The van der Waals surface area contributed by atoms with Crippen LogP contribution in [0.3, 0.4) is 0 Å². The lowest BCUT2D eigenvalue weighted by Crippen LogP contribution is -2.32. The summed E-state index contributed by atoms with van der Waals surface area (Å²) in [5, 5.41) is 4.20. The van der Waals surface area contributed by atoms with Crippen LogP contribution in [0.4, 0.5) is 0 Å². The number of aromatic nitrogens is 2. The van der Waals surface area contributed by atoms with Crippen molar-refractivity contribution in [2.24, 2.45) is 5.73 Å². The van der Waals surface area contributed by atoms with Crippen LogP contribution in [0, 0.1) is 0 Å². The predicted molar refractivity (Wildman–Crippen MR) is 56.0 cm³/mol. The third-order valence-electron chi connectivity index (χ3n) is 2.98. The summed E-state index contributed by atoms with van der Waals surface area (Å²) in [5.41, 5.74) is 7.00. The van der Waals surface area contributed by atoms with Crippen molar-refractivity contribution in [3.05, 3.63) is 18.0 Å². The van der Waals surface area contributed by atoms with Crippen LogP contribution in [0.1, 0.15) is 25.1 Å². The van der Waals surface area contributed by atoms with Crippen LogP contribution < -0.4 is 5.73 Å². The van der Waals surface area contributed by atoms with Crippen molar-refractivity contribution in [1.82, 2.24) is 14.7 Å². The lowest BCUT2D eigenvalue weighted by molar-refractivity contribution is -0.127. The van der Waals surface area contributed by atoms with Gasteiger partial charge in [-0.25, -0.2) is 0 Å². The molecule has 0 saturated carbocycles. The monoisotopic (exact) mass is 208 g/mol. The summed E-state index contributed by atoms with van der Waals surface area (Å²) in [5.74, 6) is 0.108. The Labute approximate surface area is 88.8 Å². The normalized spacial score (nSPS) is 26.3. The highest BCUT2D eigenvalue weighted by Gasteiger charge is 2.37. The Morgan fingerprint density at radius 1 is 1.67 bits per heavy atom. The van der Waals surface area contributed by atoms with E-state index in [2.05, 4.69) is 5.10 Å². The number of carbonyl (C=O) groups excluding carboxylic acids is 1. The number of hydrogen-bond acceptors (Lipinski definition) is 3. The molecular weight excluding hydrogens is 192 g/mol. The van der Waals surface area contributed by atoms with E-state index in [0.29, 0.717) is 6.42 Å². The van der Waals surface area contributed by atoms with Gasteiger partial charge in [0, 0.05) is 32.3 Å². The molecule has 1 fully saturated rings. The molecule has 2 atom stereocenters. The average Bonchev–Trinajstić information content (AvgIpc) is 2.73. The molecule has 0 aromatic carbocycles. The summed E-state index contributed by atoms with van der Waals surface area (Å²) in [7, 11) is 1.80. The molecule has 15 heavy (non-hydrogen) atoms. The lowest BCUT2D eigenvalue weighted by Gasteiger charge is -2.23. The number of aryl methyl sites for hydroxylation is 1. The summed E-state index contributed by atoms with van der Waals surface area (Å²) in [6.45, 7) is 2.83. The Morgan fingerprint density at radius 2 is 2.40 bits per heavy atom. The van der Waals surface area contributed by atoms with Crippen LogP contribution in [0.5, 0.6) is 0 Å². The van der Waals surface area contributed by atoms with Gasteiger partial charge < -0.3 is 10.6 Å². The molecule has 82 valence electrons. The fourth-order valence-corrected chi connectivity index (χ4v) is 2.18. The van der Waals surface area contributed by atoms with E-state index in [9.17, 15) is 4.79 Å². The molecule has 0 bridgehead atoms. The Morgan fingerprint density at radius 3 is 2.93 bits per heavy atom. The zero-order valence-electron chi connectivity index (χ0n) is 9.05. The van der Waals surface area contributed by atoms with E-state index in [0.717, 1.165) is 12.2 Å². The first-order valence-electron chi connectivity index (χ1n) is 5.18. The van der Waals surface area contributed by atoms with Gasteiger partial charge in [-0.3, -0.25) is 9.48 Å². The van der Waals surface area contributed by atoms with Crippen LogP contribution >= 0.6 is 0 Å². The van der Waals surface area contributed by atoms with Gasteiger partial charge in [0.2, 0.25) is 5.91 Å². The number of carbonyl (C=O) groups is 1. The SMILES string of the molecule is CCn1nccc1[C@H]1[C@H](N)CC(=O)N1C. The average molecular weight is 208 g/mol. The highest BCUT2D eigenvalue weighted by Crippen LogP contribution is 2.30. The molecule has 0 aliphatic carbocycles. The number of nitrogens with zero attached hydrogens (tertiary/aromatic N) is 3. The summed E-state index contributed by atoms with van der Waals surface area (Å²) < 4.78 is 1.89. The van der Waals surface area contributed by atoms with Crippen molar-refractivity contribution >= 4 is 5.91 Å². The number of amides is 1. The van der Waals surface area contributed by atoms with Gasteiger partial charge in [-0.15, -0.1) is 0 Å². The minimum atomic E-state index is -0.121. The standard InChI is InChI=1S/C10H16N4O/c1-3-14-8(4-5-12-14)10-7(11)6-9(15)13(10)2/h4-5,7,10H,3,6,11H2,1-2H3/t7-,10-/m1/s1. The van der Waals surface area contributed by atoms with Gasteiger partial charge in [0.05, 0.1) is 11.7 Å². The number of likely N-dealkylation sites (tertiary alicyclic amines) is 1. The maximum atomic E-state index is 11.5. The number of hydrogen-bond donors (Lipinski definition) is 1. The van der Waals surface area contributed by atoms with E-state index >= 15 is 0 Å². The molecule has 1 amide bonds. The maximum absolute atomic E-state index is 11.5. The van der Waals surface area contributed by atoms with Crippen molar-refractivity contribution in [2.75, 3.05) is 7.05 Å². The van der Waals surface area contributed by atoms with Gasteiger partial charge in [0.25, 0.3) is 0 Å². The van der Waals surface area contributed by atoms with E-state index in [1.54, 1.807) is 18.1 Å². The first kappa shape index (κ1) is 10.2. The van der Waals surface area contributed by atoms with Crippen LogP contribution in [-0.2, 0) is 11.3 Å². The third-order valence-corrected chi connectivity index (χ3v) is 2.98. The van der Waals surface area contributed by atoms with Crippen molar-refractivity contribution in [1.29, 1.82) is 0 Å². The van der Waals surface area contributed by atoms with Crippen LogP contribution in [0.25, 0.3) is 0 Å². The quantitative estimate of drug-likeness (QED) is 0.751. The van der Waals surface area contributed by atoms with Gasteiger partial charge in [0.15, 0.2) is 0 Å². The second kappa shape index (κ2) is 3.66. The summed E-state index contributed by atoms with van der Waals surface area (Å²) in [4.78, 5) is 13.2. The van der Waals surface area contributed by atoms with Crippen molar-refractivity contribution in [3.8, 4) is 0 Å². The molecule has 0 unspecified atom stereocenters. The molecule has 1 aliphatic rings. The van der Waals surface area contributed by atoms with Gasteiger partial charge in [0.1, 0.15) is 0 Å². The first-order chi connectivity index (χ1) is 7.15. The minimum Gasteiger partial charge on any atom is -0.336 e. The second-order valence-corrected chi connectivity index (χ2v) is 3.89. The van der Waals surface area contributed by atoms with Crippen LogP contribution in [0.2, 0.25) is 0 Å². The molecule has 1 saturated heterocycles. The molecule has 2 N–H and O–H groups in total. The largest absolute Gasteiger partial charge is 0.336 e. The molecule has 5 heteroatoms. The van der Waals surface area contributed by atoms with Crippen LogP contribution in [-0.4, -0.2) is 33.7 Å². The number of likely N-dealkylation sites (N-methyl/N-ethyl adjacent to an activating group) is 1. The topological polar surface area (TPSA) is 64.2 Å². The Hall–Kier alpha value is -1.36. The molecule has 1 aromatic rings. The second-order valence-electron chi connectivity index (χ2n) is 3.89. The van der Waals surface area contributed by atoms with Gasteiger partial charge >= 0.3 is 0 Å². The molecule has 0 radical (unpaired) electrons.